The molecule has 1 atom stereocenters. The molecule has 1 aliphatic carbocycles. The number of nitrogens with zero attached hydrogens (tertiary/aromatic N) is 1. The molecule has 138 valence electrons. The number of rotatable bonds is 2. The van der Waals surface area contributed by atoms with E-state index in [1.807, 2.05) is 0 Å². The molecule has 0 amide bonds. The highest BCUT2D eigenvalue weighted by atomic mass is 35.5. The highest BCUT2D eigenvalue weighted by molar-refractivity contribution is 6.30. The van der Waals surface area contributed by atoms with Crippen molar-refractivity contribution in [1.29, 1.82) is 0 Å². The van der Waals surface area contributed by atoms with Crippen LogP contribution in [0.2, 0.25) is 5.02 Å². The lowest BCUT2D eigenvalue weighted by Gasteiger charge is -2.21. The first-order valence-corrected chi connectivity index (χ1v) is 9.07. The molecule has 0 saturated heterocycles. The lowest BCUT2D eigenvalue weighted by Crippen LogP contribution is -2.25. The van der Waals surface area contributed by atoms with E-state index >= 15 is 0 Å². The molecule has 0 bridgehead atoms. The van der Waals surface area contributed by atoms with Crippen LogP contribution < -0.4 is 0 Å². The highest BCUT2D eigenvalue weighted by Gasteiger charge is 2.31. The summed E-state index contributed by atoms with van der Waals surface area (Å²) in [5, 5.41) is 1.22. The van der Waals surface area contributed by atoms with Crippen molar-refractivity contribution in [3.05, 3.63) is 70.1 Å². The van der Waals surface area contributed by atoms with Gasteiger partial charge in [-0.25, -0.2) is 4.39 Å². The Kier molecular flexibility index (Phi) is 4.48. The smallest absolute Gasteiger partial charge is 0.309 e. The lowest BCUT2D eigenvalue weighted by atomic mass is 9.86. The van der Waals surface area contributed by atoms with Crippen LogP contribution in [0.15, 0.2) is 42.5 Å². The summed E-state index contributed by atoms with van der Waals surface area (Å²) in [6, 6.07) is 11.1. The summed E-state index contributed by atoms with van der Waals surface area (Å²) in [6.07, 6.45) is 1.57. The molecule has 1 unspecified atom stereocenters. The molecule has 4 rings (SSSR count). The van der Waals surface area contributed by atoms with Crippen LogP contribution >= 0.6 is 11.6 Å². The molecular weight excluding hydrogens is 369 g/mol. The Bertz CT molecular complexity index is 1060. The molecule has 2 aromatic carbocycles. The van der Waals surface area contributed by atoms with Crippen molar-refractivity contribution < 1.29 is 18.7 Å². The maximum Gasteiger partial charge on any atom is 0.309 e. The predicted molar refractivity (Wildman–Crippen MR) is 101 cm³/mol. The van der Waals surface area contributed by atoms with Crippen molar-refractivity contribution in [2.24, 2.45) is 5.92 Å². The van der Waals surface area contributed by atoms with Gasteiger partial charge in [-0.3, -0.25) is 14.2 Å². The average Bonchev–Trinajstić information content (AvgIpc) is 3.00. The fourth-order valence-electron chi connectivity index (χ4n) is 3.85. The lowest BCUT2D eigenvalue weighted by molar-refractivity contribution is -0.145. The third-order valence-electron chi connectivity index (χ3n) is 5.15. The number of esters is 1. The van der Waals surface area contributed by atoms with Crippen LogP contribution in [0, 0.1) is 11.7 Å². The zero-order chi connectivity index (χ0) is 19.1. The third kappa shape index (κ3) is 3.02. The van der Waals surface area contributed by atoms with Gasteiger partial charge in [-0.05, 0) is 67.3 Å². The molecule has 0 fully saturated rings. The maximum absolute atomic E-state index is 13.9. The summed E-state index contributed by atoms with van der Waals surface area (Å²) in [5.41, 5.74) is 2.81. The summed E-state index contributed by atoms with van der Waals surface area (Å²) in [5.74, 6) is -1.12. The van der Waals surface area contributed by atoms with Crippen molar-refractivity contribution in [1.82, 2.24) is 4.57 Å². The normalized spacial score (nSPS) is 16.2. The quantitative estimate of drug-likeness (QED) is 0.614. The minimum absolute atomic E-state index is 0.193. The summed E-state index contributed by atoms with van der Waals surface area (Å²) in [6.45, 7) is 0. The SMILES string of the molecule is COC(=O)C1CCc2c(c3cc(F)ccc3n2C(=O)c2ccc(Cl)cc2)C1. The topological polar surface area (TPSA) is 48.3 Å². The molecule has 0 saturated carbocycles. The zero-order valence-corrected chi connectivity index (χ0v) is 15.4. The fraction of sp³-hybridized carbons (Fsp3) is 0.238. The number of fused-ring (bicyclic) bond motifs is 3. The van der Waals surface area contributed by atoms with Crippen LogP contribution in [0.1, 0.15) is 28.0 Å². The fourth-order valence-corrected chi connectivity index (χ4v) is 3.98. The van der Waals surface area contributed by atoms with E-state index in [1.165, 1.54) is 19.2 Å². The molecule has 0 spiro atoms. The summed E-state index contributed by atoms with van der Waals surface area (Å²) >= 11 is 5.92. The Hall–Kier alpha value is -2.66. The molecule has 1 aromatic heterocycles. The van der Waals surface area contributed by atoms with Crippen LogP contribution in [-0.2, 0) is 22.4 Å². The second kappa shape index (κ2) is 6.82. The first-order chi connectivity index (χ1) is 13.0. The highest BCUT2D eigenvalue weighted by Crippen LogP contribution is 2.35. The Morgan fingerprint density at radius 3 is 2.63 bits per heavy atom. The average molecular weight is 386 g/mol. The first kappa shape index (κ1) is 17.7. The molecule has 4 nitrogen and oxygen atoms in total. The molecule has 0 N–H and O–H groups in total. The second-order valence-corrected chi connectivity index (χ2v) is 7.13. The number of benzene rings is 2. The Labute approximate surface area is 160 Å². The van der Waals surface area contributed by atoms with Crippen molar-refractivity contribution in [2.75, 3.05) is 7.11 Å². The summed E-state index contributed by atoms with van der Waals surface area (Å²) in [4.78, 5) is 25.2. The molecule has 3 aromatic rings. The largest absolute Gasteiger partial charge is 0.469 e. The maximum atomic E-state index is 13.9. The van der Waals surface area contributed by atoms with Crippen molar-refractivity contribution in [3.63, 3.8) is 0 Å². The number of carbonyl (C=O) groups is 2. The van der Waals surface area contributed by atoms with Gasteiger partial charge in [-0.15, -0.1) is 0 Å². The van der Waals surface area contributed by atoms with E-state index in [9.17, 15) is 14.0 Å². The Morgan fingerprint density at radius 2 is 1.93 bits per heavy atom. The van der Waals surface area contributed by atoms with E-state index in [1.54, 1.807) is 34.9 Å². The van der Waals surface area contributed by atoms with Crippen molar-refractivity contribution >= 4 is 34.4 Å². The van der Waals surface area contributed by atoms with Gasteiger partial charge < -0.3 is 4.74 Å². The number of ether oxygens (including phenoxy) is 1. The minimum Gasteiger partial charge on any atom is -0.469 e. The number of methoxy groups -OCH3 is 1. The second-order valence-electron chi connectivity index (χ2n) is 6.70. The van der Waals surface area contributed by atoms with Crippen LogP contribution in [0.4, 0.5) is 4.39 Å². The number of aromatic nitrogens is 1. The van der Waals surface area contributed by atoms with Gasteiger partial charge in [0.2, 0.25) is 0 Å². The molecule has 27 heavy (non-hydrogen) atoms. The first-order valence-electron chi connectivity index (χ1n) is 8.69. The van der Waals surface area contributed by atoms with Crippen LogP contribution in [0.25, 0.3) is 10.9 Å². The number of halogens is 2. The van der Waals surface area contributed by atoms with Crippen molar-refractivity contribution in [2.45, 2.75) is 19.3 Å². The van der Waals surface area contributed by atoms with Crippen LogP contribution in [0.3, 0.4) is 0 Å². The van der Waals surface area contributed by atoms with Gasteiger partial charge in [0, 0.05) is 21.7 Å². The molecule has 1 heterocycles. The van der Waals surface area contributed by atoms with Gasteiger partial charge in [0.1, 0.15) is 5.82 Å². The monoisotopic (exact) mass is 385 g/mol. The molecular formula is C21H17ClFNO3. The van der Waals surface area contributed by atoms with E-state index in [4.69, 9.17) is 16.3 Å². The number of hydrogen-bond donors (Lipinski definition) is 0. The van der Waals surface area contributed by atoms with Crippen LogP contribution in [0.5, 0.6) is 0 Å². The van der Waals surface area contributed by atoms with E-state index < -0.39 is 0 Å². The zero-order valence-electron chi connectivity index (χ0n) is 14.7. The van der Waals surface area contributed by atoms with Gasteiger partial charge in [-0.2, -0.15) is 0 Å². The predicted octanol–water partition coefficient (Wildman–Crippen LogP) is 4.40. The summed E-state index contributed by atoms with van der Waals surface area (Å²) < 4.78 is 20.4. The van der Waals surface area contributed by atoms with E-state index in [-0.39, 0.29) is 23.6 Å². The molecule has 1 aliphatic rings. The van der Waals surface area contributed by atoms with Gasteiger partial charge in [-0.1, -0.05) is 11.6 Å². The van der Waals surface area contributed by atoms with Crippen molar-refractivity contribution in [3.8, 4) is 0 Å². The molecule has 0 aliphatic heterocycles. The molecule has 6 heteroatoms. The summed E-state index contributed by atoms with van der Waals surface area (Å²) in [7, 11) is 1.37. The molecule has 0 radical (unpaired) electrons. The third-order valence-corrected chi connectivity index (χ3v) is 5.40. The van der Waals surface area contributed by atoms with Crippen LogP contribution in [-0.4, -0.2) is 23.6 Å². The Balaban J connectivity index is 1.88. The Morgan fingerprint density at radius 1 is 1.19 bits per heavy atom. The standard InChI is InChI=1S/C21H17ClFNO3/c1-27-21(26)13-4-8-18-16(10-13)17-11-15(23)7-9-19(17)24(18)20(25)12-2-5-14(22)6-3-12/h2-3,5-7,9,11,13H,4,8,10H2,1H3. The minimum atomic E-state index is -0.374. The van der Waals surface area contributed by atoms with E-state index in [0.717, 1.165) is 11.3 Å². The number of carbonyl (C=O) groups excluding carboxylic acids is 2. The van der Waals surface area contributed by atoms with E-state index in [0.29, 0.717) is 40.8 Å². The van der Waals surface area contributed by atoms with Gasteiger partial charge >= 0.3 is 5.97 Å². The van der Waals surface area contributed by atoms with Gasteiger partial charge in [0.25, 0.3) is 5.91 Å². The van der Waals surface area contributed by atoms with Gasteiger partial charge in [0.05, 0.1) is 18.5 Å². The van der Waals surface area contributed by atoms with Gasteiger partial charge in [0.15, 0.2) is 0 Å². The number of hydrogen-bond acceptors (Lipinski definition) is 3. The van der Waals surface area contributed by atoms with E-state index in [2.05, 4.69) is 0 Å².